The van der Waals surface area contributed by atoms with Crippen molar-refractivity contribution in [2.45, 2.75) is 26.3 Å². The number of nitrogens with zero attached hydrogens (tertiary/aromatic N) is 1. The molecule has 3 nitrogen and oxygen atoms in total. The fourth-order valence-electron chi connectivity index (χ4n) is 2.40. The highest BCUT2D eigenvalue weighted by molar-refractivity contribution is 5.95. The fraction of sp³-hybridized carbons (Fsp3) is 0.500. The van der Waals surface area contributed by atoms with Gasteiger partial charge in [-0.15, -0.1) is 12.4 Å². The molecule has 1 aliphatic rings. The number of likely N-dealkylation sites (tertiary alicyclic amines) is 1. The van der Waals surface area contributed by atoms with E-state index in [2.05, 4.69) is 0 Å². The van der Waals surface area contributed by atoms with Crippen molar-refractivity contribution in [3.8, 4) is 0 Å². The van der Waals surface area contributed by atoms with Gasteiger partial charge in [0.15, 0.2) is 0 Å². The standard InChI is InChI=1S/C14H19FN2O.ClH/c1-9-3-4-12(15)7-13(9)14(18)17-6-5-11(8-17)10(2)16;/h3-4,7,10-11H,5-6,8,16H2,1-2H3;1H. The van der Waals surface area contributed by atoms with Gasteiger partial charge in [-0.3, -0.25) is 4.79 Å². The molecule has 0 aliphatic carbocycles. The third-order valence-corrected chi connectivity index (χ3v) is 3.69. The monoisotopic (exact) mass is 286 g/mol. The van der Waals surface area contributed by atoms with Crippen LogP contribution in [0.15, 0.2) is 18.2 Å². The molecule has 1 aromatic rings. The van der Waals surface area contributed by atoms with Crippen LogP contribution >= 0.6 is 12.4 Å². The van der Waals surface area contributed by atoms with E-state index in [0.717, 1.165) is 12.0 Å². The van der Waals surface area contributed by atoms with E-state index < -0.39 is 0 Å². The third-order valence-electron chi connectivity index (χ3n) is 3.69. The second-order valence-electron chi connectivity index (χ2n) is 5.12. The van der Waals surface area contributed by atoms with Gasteiger partial charge in [0.05, 0.1) is 0 Å². The maximum Gasteiger partial charge on any atom is 0.254 e. The van der Waals surface area contributed by atoms with Crippen LogP contribution in [0.1, 0.15) is 29.3 Å². The van der Waals surface area contributed by atoms with E-state index in [0.29, 0.717) is 24.6 Å². The molecular formula is C14H20ClFN2O. The van der Waals surface area contributed by atoms with Crippen molar-refractivity contribution in [1.82, 2.24) is 4.90 Å². The van der Waals surface area contributed by atoms with Crippen LogP contribution in [0.5, 0.6) is 0 Å². The van der Waals surface area contributed by atoms with Gasteiger partial charge in [0.1, 0.15) is 5.82 Å². The summed E-state index contributed by atoms with van der Waals surface area (Å²) < 4.78 is 13.2. The Balaban J connectivity index is 0.00000180. The van der Waals surface area contributed by atoms with E-state index >= 15 is 0 Å². The molecule has 1 aliphatic heterocycles. The maximum absolute atomic E-state index is 13.2. The summed E-state index contributed by atoms with van der Waals surface area (Å²) in [6.45, 7) is 5.17. The van der Waals surface area contributed by atoms with Gasteiger partial charge in [-0.25, -0.2) is 4.39 Å². The van der Waals surface area contributed by atoms with Gasteiger partial charge in [0.25, 0.3) is 5.91 Å². The summed E-state index contributed by atoms with van der Waals surface area (Å²) in [6, 6.07) is 4.43. The Morgan fingerprint density at radius 2 is 2.21 bits per heavy atom. The minimum absolute atomic E-state index is 0. The summed E-state index contributed by atoms with van der Waals surface area (Å²) in [5, 5.41) is 0. The summed E-state index contributed by atoms with van der Waals surface area (Å²) in [6.07, 6.45) is 0.928. The third kappa shape index (κ3) is 3.45. The Bertz CT molecular complexity index is 465. The van der Waals surface area contributed by atoms with Gasteiger partial charge in [-0.1, -0.05) is 6.07 Å². The van der Waals surface area contributed by atoms with Crippen molar-refractivity contribution in [1.29, 1.82) is 0 Å². The number of aryl methyl sites for hydroxylation is 1. The second-order valence-corrected chi connectivity index (χ2v) is 5.12. The van der Waals surface area contributed by atoms with E-state index in [1.54, 1.807) is 11.0 Å². The van der Waals surface area contributed by atoms with Crippen LogP contribution in [0.2, 0.25) is 0 Å². The first kappa shape index (κ1) is 15.9. The summed E-state index contributed by atoms with van der Waals surface area (Å²) >= 11 is 0. The molecule has 1 fully saturated rings. The Hall–Kier alpha value is -1.13. The van der Waals surface area contributed by atoms with Gasteiger partial charge in [-0.2, -0.15) is 0 Å². The molecular weight excluding hydrogens is 267 g/mol. The van der Waals surface area contributed by atoms with Gasteiger partial charge in [0.2, 0.25) is 0 Å². The van der Waals surface area contributed by atoms with E-state index in [1.165, 1.54) is 12.1 Å². The molecule has 1 saturated heterocycles. The van der Waals surface area contributed by atoms with Gasteiger partial charge >= 0.3 is 0 Å². The lowest BCUT2D eigenvalue weighted by Gasteiger charge is -2.19. The molecule has 2 N–H and O–H groups in total. The Morgan fingerprint density at radius 3 is 2.79 bits per heavy atom. The van der Waals surface area contributed by atoms with Crippen molar-refractivity contribution >= 4 is 18.3 Å². The number of hydrogen-bond donors (Lipinski definition) is 1. The fourth-order valence-corrected chi connectivity index (χ4v) is 2.40. The van der Waals surface area contributed by atoms with Gasteiger partial charge < -0.3 is 10.6 Å². The minimum Gasteiger partial charge on any atom is -0.338 e. The van der Waals surface area contributed by atoms with Gasteiger partial charge in [0, 0.05) is 24.7 Å². The second kappa shape index (κ2) is 6.35. The van der Waals surface area contributed by atoms with Crippen LogP contribution in [-0.2, 0) is 0 Å². The molecule has 0 aromatic heterocycles. The lowest BCUT2D eigenvalue weighted by molar-refractivity contribution is 0.0784. The van der Waals surface area contributed by atoms with E-state index in [9.17, 15) is 9.18 Å². The molecule has 0 saturated carbocycles. The molecule has 106 valence electrons. The predicted molar refractivity (Wildman–Crippen MR) is 76.0 cm³/mol. The summed E-state index contributed by atoms with van der Waals surface area (Å²) in [5.74, 6) is -0.107. The Labute approximate surface area is 119 Å². The maximum atomic E-state index is 13.2. The topological polar surface area (TPSA) is 46.3 Å². The minimum atomic E-state index is -0.369. The molecule has 1 heterocycles. The van der Waals surface area contributed by atoms with E-state index in [-0.39, 0.29) is 30.2 Å². The first-order valence-corrected chi connectivity index (χ1v) is 6.30. The first-order valence-electron chi connectivity index (χ1n) is 6.30. The highest BCUT2D eigenvalue weighted by atomic mass is 35.5. The van der Waals surface area contributed by atoms with Crippen LogP contribution in [0.25, 0.3) is 0 Å². The van der Waals surface area contributed by atoms with Crippen molar-refractivity contribution in [2.75, 3.05) is 13.1 Å². The zero-order valence-corrected chi connectivity index (χ0v) is 12.0. The van der Waals surface area contributed by atoms with Crippen molar-refractivity contribution < 1.29 is 9.18 Å². The van der Waals surface area contributed by atoms with Crippen LogP contribution in [0.3, 0.4) is 0 Å². The number of rotatable bonds is 2. The van der Waals surface area contributed by atoms with E-state index in [1.807, 2.05) is 13.8 Å². The lowest BCUT2D eigenvalue weighted by atomic mass is 10.0. The molecule has 19 heavy (non-hydrogen) atoms. The molecule has 0 spiro atoms. The molecule has 1 aromatic carbocycles. The SMILES string of the molecule is Cc1ccc(F)cc1C(=O)N1CCC(C(C)N)C1.Cl. The van der Waals surface area contributed by atoms with Crippen LogP contribution in [0.4, 0.5) is 4.39 Å². The number of halogens is 2. The molecule has 5 heteroatoms. The lowest BCUT2D eigenvalue weighted by Crippen LogP contribution is -2.33. The number of hydrogen-bond acceptors (Lipinski definition) is 2. The molecule has 2 atom stereocenters. The summed E-state index contributed by atoms with van der Waals surface area (Å²) in [4.78, 5) is 14.1. The molecule has 1 amide bonds. The van der Waals surface area contributed by atoms with Crippen LogP contribution in [-0.4, -0.2) is 29.9 Å². The highest BCUT2D eigenvalue weighted by Gasteiger charge is 2.29. The highest BCUT2D eigenvalue weighted by Crippen LogP contribution is 2.22. The zero-order chi connectivity index (χ0) is 13.3. The molecule has 2 unspecified atom stereocenters. The Kier molecular flexibility index (Phi) is 5.32. The normalized spacial score (nSPS) is 20.0. The van der Waals surface area contributed by atoms with Gasteiger partial charge in [-0.05, 0) is 43.9 Å². The smallest absolute Gasteiger partial charge is 0.254 e. The van der Waals surface area contributed by atoms with Crippen molar-refractivity contribution in [2.24, 2.45) is 11.7 Å². The summed E-state index contributed by atoms with van der Waals surface area (Å²) in [5.41, 5.74) is 7.12. The average Bonchev–Trinajstić information content (AvgIpc) is 2.81. The molecule has 2 rings (SSSR count). The predicted octanol–water partition coefficient (Wildman–Crippen LogP) is 2.37. The quantitative estimate of drug-likeness (QED) is 0.907. The van der Waals surface area contributed by atoms with Crippen molar-refractivity contribution in [3.63, 3.8) is 0 Å². The molecule has 0 bridgehead atoms. The van der Waals surface area contributed by atoms with Crippen LogP contribution < -0.4 is 5.73 Å². The number of carbonyl (C=O) groups excluding carboxylic acids is 1. The van der Waals surface area contributed by atoms with Crippen molar-refractivity contribution in [3.05, 3.63) is 35.1 Å². The first-order chi connectivity index (χ1) is 8.49. The number of amides is 1. The molecule has 0 radical (unpaired) electrons. The largest absolute Gasteiger partial charge is 0.338 e. The average molecular weight is 287 g/mol. The number of benzene rings is 1. The van der Waals surface area contributed by atoms with Crippen LogP contribution in [0, 0.1) is 18.7 Å². The zero-order valence-electron chi connectivity index (χ0n) is 11.2. The summed E-state index contributed by atoms with van der Waals surface area (Å²) in [7, 11) is 0. The number of carbonyl (C=O) groups is 1. The number of nitrogens with two attached hydrogens (primary N) is 1. The van der Waals surface area contributed by atoms with E-state index in [4.69, 9.17) is 5.73 Å². The Morgan fingerprint density at radius 1 is 1.53 bits per heavy atom.